The Morgan fingerprint density at radius 3 is 2.49 bits per heavy atom. The molecule has 2 N–H and O–H groups in total. The van der Waals surface area contributed by atoms with Gasteiger partial charge in [-0.25, -0.2) is 9.97 Å². The van der Waals surface area contributed by atoms with Gasteiger partial charge in [0.05, 0.1) is 11.4 Å². The number of halogens is 3. The van der Waals surface area contributed by atoms with Gasteiger partial charge in [0.15, 0.2) is 5.75 Å². The molecule has 0 saturated carbocycles. The molecular weight excluding hydrogens is 535 g/mol. The molecule has 0 radical (unpaired) electrons. The van der Waals surface area contributed by atoms with Gasteiger partial charge >= 0.3 is 6.36 Å². The molecule has 0 atom stereocenters. The van der Waals surface area contributed by atoms with Gasteiger partial charge in [-0.3, -0.25) is 14.7 Å². The number of anilines is 3. The molecule has 3 heterocycles. The van der Waals surface area contributed by atoms with E-state index in [0.717, 1.165) is 44.4 Å². The Hall–Kier alpha value is -4.55. The Morgan fingerprint density at radius 1 is 1.00 bits per heavy atom. The van der Waals surface area contributed by atoms with Gasteiger partial charge in [0.1, 0.15) is 0 Å². The number of piperazine rings is 1. The highest BCUT2D eigenvalue weighted by molar-refractivity contribution is 6.04. The van der Waals surface area contributed by atoms with Crippen molar-refractivity contribution >= 4 is 23.2 Å². The number of nitrogens with one attached hydrogen (secondary N) is 2. The third-order valence-electron chi connectivity index (χ3n) is 6.54. The molecule has 12 heteroatoms. The SMILES string of the molecule is CN1CCN(Cc2ccc(C(=O)Nc3ccc(OC(F)(F)F)c(Nc4nccc(-c5cccnc5)n4)c3)cc2)CC1. The minimum Gasteiger partial charge on any atom is -0.404 e. The van der Waals surface area contributed by atoms with Crippen LogP contribution in [0.2, 0.25) is 0 Å². The zero-order valence-corrected chi connectivity index (χ0v) is 22.2. The summed E-state index contributed by atoms with van der Waals surface area (Å²) in [4.78, 5) is 30.2. The summed E-state index contributed by atoms with van der Waals surface area (Å²) in [6.07, 6.45) is -0.223. The highest BCUT2D eigenvalue weighted by Gasteiger charge is 2.32. The molecular formula is C29H28F3N7O2. The van der Waals surface area contributed by atoms with E-state index in [4.69, 9.17) is 0 Å². The van der Waals surface area contributed by atoms with Crippen LogP contribution in [0.15, 0.2) is 79.3 Å². The van der Waals surface area contributed by atoms with Crippen LogP contribution in [0.1, 0.15) is 15.9 Å². The molecule has 0 bridgehead atoms. The van der Waals surface area contributed by atoms with Gasteiger partial charge in [-0.15, -0.1) is 13.2 Å². The first-order chi connectivity index (χ1) is 19.7. The quantitative estimate of drug-likeness (QED) is 0.303. The summed E-state index contributed by atoms with van der Waals surface area (Å²) in [5.41, 5.74) is 2.93. The zero-order chi connectivity index (χ0) is 28.8. The van der Waals surface area contributed by atoms with Crippen molar-refractivity contribution in [3.63, 3.8) is 0 Å². The third-order valence-corrected chi connectivity index (χ3v) is 6.54. The second-order valence-corrected chi connectivity index (χ2v) is 9.62. The lowest BCUT2D eigenvalue weighted by molar-refractivity contribution is -0.274. The van der Waals surface area contributed by atoms with Gasteiger partial charge in [0.2, 0.25) is 5.95 Å². The second-order valence-electron chi connectivity index (χ2n) is 9.62. The topological polar surface area (TPSA) is 95.5 Å². The molecule has 1 aliphatic rings. The minimum absolute atomic E-state index is 0.0396. The fourth-order valence-electron chi connectivity index (χ4n) is 4.36. The maximum absolute atomic E-state index is 13.1. The number of pyridine rings is 1. The number of hydrogen-bond donors (Lipinski definition) is 2. The highest BCUT2D eigenvalue weighted by atomic mass is 19.4. The molecule has 5 rings (SSSR count). The van der Waals surface area contributed by atoms with E-state index in [1.165, 1.54) is 18.3 Å². The predicted molar refractivity (Wildman–Crippen MR) is 149 cm³/mol. The van der Waals surface area contributed by atoms with Crippen molar-refractivity contribution in [2.45, 2.75) is 12.9 Å². The number of carbonyl (C=O) groups is 1. The molecule has 1 aliphatic heterocycles. The molecule has 1 amide bonds. The molecule has 4 aromatic rings. The van der Waals surface area contributed by atoms with E-state index >= 15 is 0 Å². The Bertz CT molecular complexity index is 1480. The number of alkyl halides is 3. The molecule has 1 saturated heterocycles. The zero-order valence-electron chi connectivity index (χ0n) is 22.2. The van der Waals surface area contributed by atoms with Crippen molar-refractivity contribution in [1.29, 1.82) is 0 Å². The van der Waals surface area contributed by atoms with Crippen LogP contribution in [0.5, 0.6) is 5.75 Å². The molecule has 2 aromatic heterocycles. The normalized spacial score (nSPS) is 14.4. The number of rotatable bonds is 8. The van der Waals surface area contributed by atoms with Crippen molar-refractivity contribution in [3.8, 4) is 17.0 Å². The van der Waals surface area contributed by atoms with Crippen LogP contribution in [0.25, 0.3) is 11.3 Å². The van der Waals surface area contributed by atoms with Gasteiger partial charge in [0, 0.05) is 68.1 Å². The van der Waals surface area contributed by atoms with Crippen LogP contribution in [-0.4, -0.2) is 70.2 Å². The summed E-state index contributed by atoms with van der Waals surface area (Å²) in [5.74, 6) is -0.863. The summed E-state index contributed by atoms with van der Waals surface area (Å²) in [6.45, 7) is 4.82. The first-order valence-electron chi connectivity index (χ1n) is 12.9. The van der Waals surface area contributed by atoms with Crippen molar-refractivity contribution in [2.75, 3.05) is 43.9 Å². The number of amides is 1. The molecule has 0 unspecified atom stereocenters. The minimum atomic E-state index is -4.93. The number of nitrogens with zero attached hydrogens (tertiary/aromatic N) is 5. The number of carbonyl (C=O) groups excluding carboxylic acids is 1. The summed E-state index contributed by atoms with van der Waals surface area (Å²) >= 11 is 0. The number of likely N-dealkylation sites (N-methyl/N-ethyl adjacent to an activating group) is 1. The average molecular weight is 564 g/mol. The van der Waals surface area contributed by atoms with Gasteiger partial charge in [-0.2, -0.15) is 0 Å². The van der Waals surface area contributed by atoms with Crippen LogP contribution in [0.4, 0.5) is 30.5 Å². The van der Waals surface area contributed by atoms with E-state index in [-0.39, 0.29) is 17.3 Å². The van der Waals surface area contributed by atoms with Crippen LogP contribution < -0.4 is 15.4 Å². The van der Waals surface area contributed by atoms with Crippen LogP contribution in [0.3, 0.4) is 0 Å². The summed E-state index contributed by atoms with van der Waals surface area (Å²) in [7, 11) is 2.11. The van der Waals surface area contributed by atoms with Gasteiger partial charge in [-0.1, -0.05) is 12.1 Å². The lowest BCUT2D eigenvalue weighted by atomic mass is 10.1. The number of benzene rings is 2. The predicted octanol–water partition coefficient (Wildman–Crippen LogP) is 5.18. The molecule has 0 spiro atoms. The Labute approximate surface area is 235 Å². The number of aromatic nitrogens is 3. The Balaban J connectivity index is 1.31. The molecule has 41 heavy (non-hydrogen) atoms. The van der Waals surface area contributed by atoms with Gasteiger partial charge in [-0.05, 0) is 61.1 Å². The van der Waals surface area contributed by atoms with Crippen LogP contribution >= 0.6 is 0 Å². The van der Waals surface area contributed by atoms with E-state index in [0.29, 0.717) is 16.8 Å². The number of hydrogen-bond acceptors (Lipinski definition) is 8. The lowest BCUT2D eigenvalue weighted by Gasteiger charge is -2.32. The standard InChI is InChI=1S/C29H28F3N7O2/c1-38-13-15-39(16-14-38)19-20-4-6-21(7-5-20)27(40)35-23-8-9-26(41-29(30,31)32)25(17-23)37-28-34-12-10-24(36-28)22-3-2-11-33-18-22/h2-12,17-18H,13-16,19H2,1H3,(H,35,40)(H,34,36,37). The summed E-state index contributed by atoms with van der Waals surface area (Å²) < 4.78 is 43.5. The van der Waals surface area contributed by atoms with Gasteiger partial charge < -0.3 is 20.3 Å². The maximum Gasteiger partial charge on any atom is 0.573 e. The third kappa shape index (κ3) is 7.77. The Kier molecular flexibility index (Phi) is 8.41. The molecule has 9 nitrogen and oxygen atoms in total. The fourth-order valence-corrected chi connectivity index (χ4v) is 4.36. The van der Waals surface area contributed by atoms with E-state index < -0.39 is 18.0 Å². The van der Waals surface area contributed by atoms with Crippen LogP contribution in [-0.2, 0) is 6.54 Å². The first kappa shape index (κ1) is 28.0. The smallest absolute Gasteiger partial charge is 0.404 e. The molecule has 1 fully saturated rings. The van der Waals surface area contributed by atoms with E-state index in [1.54, 1.807) is 42.7 Å². The van der Waals surface area contributed by atoms with Crippen molar-refractivity contribution in [1.82, 2.24) is 24.8 Å². The largest absolute Gasteiger partial charge is 0.573 e. The molecule has 212 valence electrons. The van der Waals surface area contributed by atoms with E-state index in [9.17, 15) is 18.0 Å². The van der Waals surface area contributed by atoms with E-state index in [2.05, 4.69) is 47.2 Å². The van der Waals surface area contributed by atoms with Gasteiger partial charge in [0.25, 0.3) is 5.91 Å². The maximum atomic E-state index is 13.1. The highest BCUT2D eigenvalue weighted by Crippen LogP contribution is 2.34. The van der Waals surface area contributed by atoms with Crippen LogP contribution in [0, 0.1) is 0 Å². The molecule has 0 aliphatic carbocycles. The van der Waals surface area contributed by atoms with Crippen molar-refractivity contribution in [3.05, 3.63) is 90.4 Å². The van der Waals surface area contributed by atoms with E-state index in [1.807, 2.05) is 12.1 Å². The average Bonchev–Trinajstić information content (AvgIpc) is 2.96. The fraction of sp³-hybridized carbons (Fsp3) is 0.241. The first-order valence-corrected chi connectivity index (χ1v) is 12.9. The summed E-state index contributed by atoms with van der Waals surface area (Å²) in [6, 6.07) is 16.3. The Morgan fingerprint density at radius 2 is 1.78 bits per heavy atom. The van der Waals surface area contributed by atoms with Crippen molar-refractivity contribution < 1.29 is 22.7 Å². The second kappa shape index (κ2) is 12.3. The monoisotopic (exact) mass is 563 g/mol. The summed E-state index contributed by atoms with van der Waals surface area (Å²) in [5, 5.41) is 5.52. The molecule has 2 aromatic carbocycles. The number of ether oxygens (including phenoxy) is 1. The van der Waals surface area contributed by atoms with Crippen molar-refractivity contribution in [2.24, 2.45) is 0 Å². The lowest BCUT2D eigenvalue weighted by Crippen LogP contribution is -2.43.